The van der Waals surface area contributed by atoms with Crippen molar-refractivity contribution in [3.63, 3.8) is 0 Å². The van der Waals surface area contributed by atoms with Crippen molar-refractivity contribution in [1.29, 1.82) is 0 Å². The largest absolute Gasteiger partial charge is 0.365 e. The lowest BCUT2D eigenvalue weighted by atomic mass is 10.1. The fourth-order valence-electron chi connectivity index (χ4n) is 3.88. The topological polar surface area (TPSA) is 34.0 Å². The van der Waals surface area contributed by atoms with E-state index in [2.05, 4.69) is 45.2 Å². The molecule has 6 heteroatoms. The van der Waals surface area contributed by atoms with Gasteiger partial charge in [0.25, 0.3) is 0 Å². The van der Waals surface area contributed by atoms with Gasteiger partial charge in [-0.1, -0.05) is 24.3 Å². The van der Waals surface area contributed by atoms with Crippen LogP contribution >= 0.6 is 11.8 Å². The molecule has 5 rings (SSSR count). The zero-order valence-electron chi connectivity index (χ0n) is 16.4. The van der Waals surface area contributed by atoms with Crippen LogP contribution in [-0.2, 0) is 6.54 Å². The zero-order chi connectivity index (χ0) is 20.3. The van der Waals surface area contributed by atoms with Gasteiger partial charge in [0.2, 0.25) is 5.95 Å². The van der Waals surface area contributed by atoms with Crippen LogP contribution in [0.15, 0.2) is 90.2 Å². The van der Waals surface area contributed by atoms with Crippen molar-refractivity contribution < 1.29 is 4.39 Å². The minimum Gasteiger partial charge on any atom is -0.365 e. The maximum absolute atomic E-state index is 13.8. The number of hydrogen-bond acceptors (Lipinski definition) is 4. The first-order valence-corrected chi connectivity index (χ1v) is 10.9. The summed E-state index contributed by atoms with van der Waals surface area (Å²) in [4.78, 5) is 12.4. The minimum atomic E-state index is -0.178. The summed E-state index contributed by atoms with van der Waals surface area (Å²) in [5, 5.41) is 0.219. The summed E-state index contributed by atoms with van der Waals surface area (Å²) in [5.74, 6) is 0.496. The molecule has 0 aliphatic carbocycles. The van der Waals surface area contributed by atoms with E-state index in [1.807, 2.05) is 40.7 Å². The lowest BCUT2D eigenvalue weighted by Gasteiger charge is -2.25. The Morgan fingerprint density at radius 3 is 2.70 bits per heavy atom. The van der Waals surface area contributed by atoms with E-state index < -0.39 is 0 Å². The summed E-state index contributed by atoms with van der Waals surface area (Å²) in [6.45, 7) is 1.63. The number of rotatable bonds is 4. The quantitative estimate of drug-likeness (QED) is 0.430. The van der Waals surface area contributed by atoms with E-state index in [9.17, 15) is 4.39 Å². The molecule has 1 aliphatic heterocycles. The van der Waals surface area contributed by atoms with Crippen molar-refractivity contribution in [3.05, 3.63) is 102 Å². The number of para-hydroxylation sites is 1. The maximum Gasteiger partial charge on any atom is 0.233 e. The Bertz CT molecular complexity index is 1140. The van der Waals surface area contributed by atoms with Gasteiger partial charge in [-0.05, 0) is 54.4 Å². The van der Waals surface area contributed by atoms with Crippen molar-refractivity contribution in [2.24, 2.45) is 0 Å². The number of thioether (sulfide) groups is 1. The molecule has 2 aromatic carbocycles. The average Bonchev–Trinajstić information content (AvgIpc) is 3.16. The molecule has 0 fully saturated rings. The van der Waals surface area contributed by atoms with Crippen LogP contribution in [0.5, 0.6) is 0 Å². The first-order valence-electron chi connectivity index (χ1n) is 9.98. The second-order valence-electron chi connectivity index (χ2n) is 7.26. The van der Waals surface area contributed by atoms with E-state index in [1.165, 1.54) is 16.6 Å². The van der Waals surface area contributed by atoms with E-state index in [-0.39, 0.29) is 11.1 Å². The molecule has 0 unspecified atom stereocenters. The van der Waals surface area contributed by atoms with Crippen LogP contribution in [0, 0.1) is 5.82 Å². The first kappa shape index (κ1) is 18.9. The van der Waals surface area contributed by atoms with Crippen molar-refractivity contribution in [1.82, 2.24) is 14.5 Å². The molecular formula is C24H21FN4S. The standard InChI is InChI=1S/C24H21FN4S/c25-19-7-3-6-18(16-19)22-11-15-28(21-9-1-2-10-23(21)30-22)17-20-8-4-14-29(20)24-26-12-5-13-27-24/h1-10,12-14,16,22H,11,15,17H2/t22-/m1/s1. The smallest absolute Gasteiger partial charge is 0.233 e. The third kappa shape index (κ3) is 3.83. The van der Waals surface area contributed by atoms with Gasteiger partial charge < -0.3 is 4.90 Å². The molecule has 1 aliphatic rings. The SMILES string of the molecule is Fc1cccc([C@H]2CCN(Cc3cccn3-c3ncccn3)c3ccccc3S2)c1. The lowest BCUT2D eigenvalue weighted by molar-refractivity contribution is 0.623. The monoisotopic (exact) mass is 416 g/mol. The highest BCUT2D eigenvalue weighted by Crippen LogP contribution is 2.45. The Morgan fingerprint density at radius 1 is 0.967 bits per heavy atom. The van der Waals surface area contributed by atoms with Crippen molar-refractivity contribution >= 4 is 17.4 Å². The van der Waals surface area contributed by atoms with Crippen LogP contribution in [0.1, 0.15) is 22.9 Å². The Hall–Kier alpha value is -3.12. The highest BCUT2D eigenvalue weighted by molar-refractivity contribution is 7.99. The summed E-state index contributed by atoms with van der Waals surface area (Å²) in [5.41, 5.74) is 3.38. The molecule has 1 atom stereocenters. The van der Waals surface area contributed by atoms with Gasteiger partial charge in [0.15, 0.2) is 0 Å². The second-order valence-corrected chi connectivity index (χ2v) is 8.50. The molecule has 0 radical (unpaired) electrons. The Labute approximate surface area is 179 Å². The average molecular weight is 417 g/mol. The van der Waals surface area contributed by atoms with Crippen molar-refractivity contribution in [3.8, 4) is 5.95 Å². The maximum atomic E-state index is 13.8. The van der Waals surface area contributed by atoms with E-state index in [0.29, 0.717) is 5.95 Å². The molecule has 0 amide bonds. The van der Waals surface area contributed by atoms with Crippen molar-refractivity contribution in [2.45, 2.75) is 23.1 Å². The lowest BCUT2D eigenvalue weighted by Crippen LogP contribution is -2.25. The van der Waals surface area contributed by atoms with Gasteiger partial charge in [-0.3, -0.25) is 4.57 Å². The van der Waals surface area contributed by atoms with Crippen molar-refractivity contribution in [2.75, 3.05) is 11.4 Å². The molecule has 0 saturated carbocycles. The Balaban J connectivity index is 1.45. The summed E-state index contributed by atoms with van der Waals surface area (Å²) >= 11 is 1.82. The molecule has 150 valence electrons. The van der Waals surface area contributed by atoms with Crippen LogP contribution in [0.25, 0.3) is 5.95 Å². The Morgan fingerprint density at radius 2 is 1.83 bits per heavy atom. The van der Waals surface area contributed by atoms with Crippen LogP contribution in [0.4, 0.5) is 10.1 Å². The molecule has 2 aromatic heterocycles. The summed E-state index contributed by atoms with van der Waals surface area (Å²) < 4.78 is 15.9. The molecule has 0 N–H and O–H groups in total. The first-order chi connectivity index (χ1) is 14.8. The summed E-state index contributed by atoms with van der Waals surface area (Å²) in [6.07, 6.45) is 6.45. The zero-order valence-corrected chi connectivity index (χ0v) is 17.2. The fourth-order valence-corrected chi connectivity index (χ4v) is 5.17. The molecule has 0 spiro atoms. The van der Waals surface area contributed by atoms with Crippen LogP contribution in [-0.4, -0.2) is 21.1 Å². The van der Waals surface area contributed by atoms with E-state index in [4.69, 9.17) is 0 Å². The van der Waals surface area contributed by atoms with Gasteiger partial charge in [-0.2, -0.15) is 0 Å². The molecule has 0 saturated heterocycles. The highest BCUT2D eigenvalue weighted by atomic mass is 32.2. The van der Waals surface area contributed by atoms with E-state index in [1.54, 1.807) is 24.5 Å². The molecule has 3 heterocycles. The summed E-state index contributed by atoms with van der Waals surface area (Å²) in [6, 6.07) is 21.4. The number of anilines is 1. The minimum absolute atomic E-state index is 0.178. The molecule has 4 nitrogen and oxygen atoms in total. The third-order valence-electron chi connectivity index (χ3n) is 5.31. The van der Waals surface area contributed by atoms with Gasteiger partial charge in [-0.15, -0.1) is 11.8 Å². The second kappa shape index (κ2) is 8.32. The van der Waals surface area contributed by atoms with E-state index in [0.717, 1.165) is 30.8 Å². The number of fused-ring (bicyclic) bond motifs is 1. The van der Waals surface area contributed by atoms with Gasteiger partial charge in [0.05, 0.1) is 12.2 Å². The molecule has 30 heavy (non-hydrogen) atoms. The fraction of sp³-hybridized carbons (Fsp3) is 0.167. The van der Waals surface area contributed by atoms with E-state index >= 15 is 0 Å². The predicted molar refractivity (Wildman–Crippen MR) is 118 cm³/mol. The summed E-state index contributed by atoms with van der Waals surface area (Å²) in [7, 11) is 0. The van der Waals surface area contributed by atoms with Gasteiger partial charge in [-0.25, -0.2) is 14.4 Å². The Kier molecular flexibility index (Phi) is 5.24. The predicted octanol–water partition coefficient (Wildman–Crippen LogP) is 5.65. The number of aromatic nitrogens is 3. The normalized spacial score (nSPS) is 16.2. The third-order valence-corrected chi connectivity index (χ3v) is 6.70. The molecular weight excluding hydrogens is 395 g/mol. The number of halogens is 1. The highest BCUT2D eigenvalue weighted by Gasteiger charge is 2.24. The number of benzene rings is 2. The molecule has 0 bridgehead atoms. The number of nitrogens with zero attached hydrogens (tertiary/aromatic N) is 4. The van der Waals surface area contributed by atoms with Crippen LogP contribution in [0.2, 0.25) is 0 Å². The van der Waals surface area contributed by atoms with Gasteiger partial charge in [0, 0.05) is 41.0 Å². The van der Waals surface area contributed by atoms with Crippen LogP contribution in [0.3, 0.4) is 0 Å². The van der Waals surface area contributed by atoms with Gasteiger partial charge >= 0.3 is 0 Å². The van der Waals surface area contributed by atoms with Crippen LogP contribution < -0.4 is 4.90 Å². The van der Waals surface area contributed by atoms with Gasteiger partial charge in [0.1, 0.15) is 5.82 Å². The number of hydrogen-bond donors (Lipinski definition) is 0. The molecule has 4 aromatic rings.